The van der Waals surface area contributed by atoms with Crippen LogP contribution in [-0.4, -0.2) is 41.5 Å². The average molecular weight is 404 g/mol. The summed E-state index contributed by atoms with van der Waals surface area (Å²) in [5.74, 6) is -0.244. The minimum absolute atomic E-state index is 0.00935. The van der Waals surface area contributed by atoms with Crippen molar-refractivity contribution in [3.05, 3.63) is 45.8 Å². The number of carbonyl (C=O) groups excluding carboxylic acids is 1. The number of ether oxygens (including phenoxy) is 1. The van der Waals surface area contributed by atoms with Crippen molar-refractivity contribution in [3.63, 3.8) is 0 Å². The summed E-state index contributed by atoms with van der Waals surface area (Å²) in [7, 11) is 0. The van der Waals surface area contributed by atoms with E-state index in [0.717, 1.165) is 50.4 Å². The summed E-state index contributed by atoms with van der Waals surface area (Å²) in [5.41, 5.74) is 1.12. The number of benzene rings is 1. The van der Waals surface area contributed by atoms with Crippen LogP contribution in [-0.2, 0) is 9.53 Å². The Bertz CT molecular complexity index is 785. The highest BCUT2D eigenvalue weighted by Gasteiger charge is 2.31. The van der Waals surface area contributed by atoms with Crippen LogP contribution in [0.2, 0.25) is 0 Å². The Kier molecular flexibility index (Phi) is 7.00. The monoisotopic (exact) mass is 404 g/mol. The van der Waals surface area contributed by atoms with Gasteiger partial charge in [-0.05, 0) is 49.7 Å². The number of nitro groups is 1. The number of halogens is 1. The number of hydrogen-bond donors (Lipinski definition) is 0. The first-order valence-electron chi connectivity index (χ1n) is 10.4. The van der Waals surface area contributed by atoms with Crippen molar-refractivity contribution in [2.75, 3.05) is 19.7 Å². The molecule has 1 aromatic rings. The molecule has 1 fully saturated rings. The van der Waals surface area contributed by atoms with Crippen LogP contribution in [0.4, 0.5) is 10.1 Å². The van der Waals surface area contributed by atoms with Gasteiger partial charge >= 0.3 is 5.97 Å². The molecule has 7 heteroatoms. The van der Waals surface area contributed by atoms with E-state index in [1.54, 1.807) is 0 Å². The Morgan fingerprint density at radius 2 is 2.03 bits per heavy atom. The third-order valence-electron chi connectivity index (χ3n) is 5.86. The zero-order valence-electron chi connectivity index (χ0n) is 17.1. The van der Waals surface area contributed by atoms with Crippen molar-refractivity contribution in [2.24, 2.45) is 11.8 Å². The minimum atomic E-state index is -0.585. The van der Waals surface area contributed by atoms with Gasteiger partial charge in [-0.15, -0.1) is 0 Å². The highest BCUT2D eigenvalue weighted by atomic mass is 19.1. The predicted octanol–water partition coefficient (Wildman–Crippen LogP) is 4.58. The SMILES string of the molecule is CC(C)COC(=O)C1CCC(N2CC=C(c3ccc([N+](=O)[O-])cc3F)CC2)CC1. The summed E-state index contributed by atoms with van der Waals surface area (Å²) in [4.78, 5) is 24.7. The molecule has 0 N–H and O–H groups in total. The van der Waals surface area contributed by atoms with Crippen LogP contribution in [0.25, 0.3) is 5.57 Å². The Hall–Kier alpha value is -2.28. The van der Waals surface area contributed by atoms with Gasteiger partial charge in [-0.25, -0.2) is 4.39 Å². The van der Waals surface area contributed by atoms with Crippen molar-refractivity contribution in [2.45, 2.75) is 52.0 Å². The minimum Gasteiger partial charge on any atom is -0.465 e. The van der Waals surface area contributed by atoms with Gasteiger partial charge in [-0.2, -0.15) is 0 Å². The molecule has 0 aromatic heterocycles. The first-order valence-corrected chi connectivity index (χ1v) is 10.4. The van der Waals surface area contributed by atoms with E-state index < -0.39 is 10.7 Å². The highest BCUT2D eigenvalue weighted by Crippen LogP contribution is 2.32. The van der Waals surface area contributed by atoms with E-state index in [2.05, 4.69) is 4.90 Å². The van der Waals surface area contributed by atoms with Crippen molar-refractivity contribution in [1.29, 1.82) is 0 Å². The lowest BCUT2D eigenvalue weighted by Crippen LogP contribution is -2.41. The Labute approximate surface area is 170 Å². The van der Waals surface area contributed by atoms with Crippen LogP contribution in [0.5, 0.6) is 0 Å². The van der Waals surface area contributed by atoms with E-state index in [9.17, 15) is 19.3 Å². The average Bonchev–Trinajstić information content (AvgIpc) is 2.72. The summed E-state index contributed by atoms with van der Waals surface area (Å²) in [6.45, 7) is 6.11. The molecular weight excluding hydrogens is 375 g/mol. The fraction of sp³-hybridized carbons (Fsp3) is 0.591. The first kappa shape index (κ1) is 21.4. The van der Waals surface area contributed by atoms with E-state index >= 15 is 0 Å². The van der Waals surface area contributed by atoms with Crippen LogP contribution >= 0.6 is 0 Å². The Morgan fingerprint density at radius 3 is 2.59 bits per heavy atom. The van der Waals surface area contributed by atoms with Crippen LogP contribution in [0.15, 0.2) is 24.3 Å². The number of hydrogen-bond acceptors (Lipinski definition) is 5. The van der Waals surface area contributed by atoms with Crippen LogP contribution < -0.4 is 0 Å². The van der Waals surface area contributed by atoms with E-state index in [1.807, 2.05) is 19.9 Å². The highest BCUT2D eigenvalue weighted by molar-refractivity contribution is 5.72. The molecule has 0 bridgehead atoms. The third-order valence-corrected chi connectivity index (χ3v) is 5.86. The Balaban J connectivity index is 1.53. The molecule has 0 atom stereocenters. The summed E-state index contributed by atoms with van der Waals surface area (Å²) in [6, 6.07) is 4.28. The Morgan fingerprint density at radius 1 is 1.31 bits per heavy atom. The quantitative estimate of drug-likeness (QED) is 0.394. The zero-order chi connectivity index (χ0) is 21.0. The van der Waals surface area contributed by atoms with Gasteiger partial charge in [0.1, 0.15) is 5.82 Å². The second-order valence-electron chi connectivity index (χ2n) is 8.42. The molecule has 1 aromatic carbocycles. The van der Waals surface area contributed by atoms with Crippen LogP contribution in [0, 0.1) is 27.8 Å². The molecule has 29 heavy (non-hydrogen) atoms. The number of non-ortho nitro benzene ring substituents is 1. The topological polar surface area (TPSA) is 72.7 Å². The largest absolute Gasteiger partial charge is 0.465 e. The first-order chi connectivity index (χ1) is 13.8. The van der Waals surface area contributed by atoms with E-state index in [1.165, 1.54) is 12.1 Å². The molecule has 0 unspecified atom stereocenters. The summed E-state index contributed by atoms with van der Waals surface area (Å²) >= 11 is 0. The molecule has 1 saturated carbocycles. The lowest BCUT2D eigenvalue weighted by atomic mass is 9.84. The second kappa shape index (κ2) is 9.48. The van der Waals surface area contributed by atoms with Gasteiger partial charge in [0.15, 0.2) is 0 Å². The van der Waals surface area contributed by atoms with E-state index in [-0.39, 0.29) is 17.6 Å². The molecule has 1 aliphatic heterocycles. The number of nitrogens with zero attached hydrogens (tertiary/aromatic N) is 2. The normalized spacial score (nSPS) is 23.0. The summed E-state index contributed by atoms with van der Waals surface area (Å²) in [6.07, 6.45) is 6.38. The fourth-order valence-electron chi connectivity index (χ4n) is 4.18. The predicted molar refractivity (Wildman–Crippen MR) is 109 cm³/mol. The van der Waals surface area contributed by atoms with Gasteiger partial charge in [0.05, 0.1) is 23.5 Å². The van der Waals surface area contributed by atoms with Gasteiger partial charge < -0.3 is 4.74 Å². The molecule has 3 rings (SSSR count). The maximum Gasteiger partial charge on any atom is 0.308 e. The van der Waals surface area contributed by atoms with Crippen molar-refractivity contribution in [1.82, 2.24) is 4.90 Å². The fourth-order valence-corrected chi connectivity index (χ4v) is 4.18. The number of carbonyl (C=O) groups is 1. The third kappa shape index (κ3) is 5.41. The molecule has 0 radical (unpaired) electrons. The molecule has 0 spiro atoms. The number of nitro benzene ring substituents is 1. The second-order valence-corrected chi connectivity index (χ2v) is 8.42. The molecule has 6 nitrogen and oxygen atoms in total. The van der Waals surface area contributed by atoms with Crippen LogP contribution in [0.3, 0.4) is 0 Å². The zero-order valence-corrected chi connectivity index (χ0v) is 17.1. The molecule has 0 saturated heterocycles. The van der Waals surface area contributed by atoms with Gasteiger partial charge in [0, 0.05) is 30.8 Å². The lowest BCUT2D eigenvalue weighted by Gasteiger charge is -2.38. The molecule has 1 heterocycles. The van der Waals surface area contributed by atoms with E-state index in [0.29, 0.717) is 30.6 Å². The molecular formula is C22H29FN2O4. The van der Waals surface area contributed by atoms with Gasteiger partial charge in [0.2, 0.25) is 0 Å². The van der Waals surface area contributed by atoms with Gasteiger partial charge in [0.25, 0.3) is 5.69 Å². The number of rotatable bonds is 6. The van der Waals surface area contributed by atoms with Crippen molar-refractivity contribution < 1.29 is 18.8 Å². The van der Waals surface area contributed by atoms with Gasteiger partial charge in [-0.3, -0.25) is 19.8 Å². The standard InChI is InChI=1S/C22H29FN2O4/c1-15(2)14-29-22(26)17-3-5-18(6-4-17)24-11-9-16(10-12-24)20-8-7-19(25(27)28)13-21(20)23/h7-9,13,15,17-18H,3-6,10-12,14H2,1-2H3. The molecule has 1 aliphatic carbocycles. The van der Waals surface area contributed by atoms with Gasteiger partial charge in [-0.1, -0.05) is 19.9 Å². The molecule has 158 valence electrons. The summed E-state index contributed by atoms with van der Waals surface area (Å²) in [5, 5.41) is 10.8. The maximum absolute atomic E-state index is 14.3. The maximum atomic E-state index is 14.3. The molecule has 2 aliphatic rings. The summed E-state index contributed by atoms with van der Waals surface area (Å²) < 4.78 is 19.7. The van der Waals surface area contributed by atoms with Crippen LogP contribution in [0.1, 0.15) is 51.5 Å². The smallest absolute Gasteiger partial charge is 0.308 e. The lowest BCUT2D eigenvalue weighted by molar-refractivity contribution is -0.385. The van der Waals surface area contributed by atoms with Crippen molar-refractivity contribution in [3.8, 4) is 0 Å². The van der Waals surface area contributed by atoms with E-state index in [4.69, 9.17) is 4.74 Å². The van der Waals surface area contributed by atoms with Crippen molar-refractivity contribution >= 4 is 17.2 Å². The molecule has 0 amide bonds. The number of esters is 1.